The fraction of sp³-hybridized carbons (Fsp3) is 0.900. The van der Waals surface area contributed by atoms with E-state index in [1.807, 2.05) is 13.8 Å². The molecule has 5 heteroatoms. The van der Waals surface area contributed by atoms with Crippen LogP contribution in [0.2, 0.25) is 0 Å². The second-order valence-corrected chi connectivity index (χ2v) is 4.95. The van der Waals surface area contributed by atoms with E-state index in [0.29, 0.717) is 11.7 Å². The Bertz CT molecular complexity index is 190. The molecule has 0 N–H and O–H groups in total. The minimum absolute atomic E-state index is 0.0462. The third-order valence-corrected chi connectivity index (χ3v) is 3.06. The molecule has 15 heavy (non-hydrogen) atoms. The molecule has 0 unspecified atom stereocenters. The first kappa shape index (κ1) is 14.8. The number of hydrogen-bond acceptors (Lipinski definition) is 2. The van der Waals surface area contributed by atoms with Crippen LogP contribution in [0.15, 0.2) is 0 Å². The van der Waals surface area contributed by atoms with E-state index in [1.165, 1.54) is 11.8 Å². The molecule has 0 fully saturated rings. The molecule has 90 valence electrons. The van der Waals surface area contributed by atoms with E-state index < -0.39 is 12.6 Å². The summed E-state index contributed by atoms with van der Waals surface area (Å²) in [6.45, 7) is 4.09. The van der Waals surface area contributed by atoms with Crippen molar-refractivity contribution in [2.24, 2.45) is 5.92 Å². The van der Waals surface area contributed by atoms with Gasteiger partial charge in [0, 0.05) is 12.8 Å². The van der Waals surface area contributed by atoms with Crippen LogP contribution >= 0.6 is 11.8 Å². The van der Waals surface area contributed by atoms with E-state index in [9.17, 15) is 18.0 Å². The SMILES string of the molecule is CC(C)CSCC(=O)CCCC(F)(F)F. The summed E-state index contributed by atoms with van der Waals surface area (Å²) in [5, 5.41) is 0. The van der Waals surface area contributed by atoms with Gasteiger partial charge in [-0.05, 0) is 18.1 Å². The van der Waals surface area contributed by atoms with Crippen LogP contribution in [0.4, 0.5) is 13.2 Å². The largest absolute Gasteiger partial charge is 0.389 e. The van der Waals surface area contributed by atoms with Crippen LogP contribution in [0.25, 0.3) is 0 Å². The van der Waals surface area contributed by atoms with Crippen molar-refractivity contribution in [1.29, 1.82) is 0 Å². The predicted molar refractivity (Wildman–Crippen MR) is 57.1 cm³/mol. The lowest BCUT2D eigenvalue weighted by molar-refractivity contribution is -0.136. The Morgan fingerprint density at radius 1 is 1.33 bits per heavy atom. The third-order valence-electron chi connectivity index (χ3n) is 1.63. The number of carbonyl (C=O) groups excluding carboxylic acids is 1. The Morgan fingerprint density at radius 2 is 1.93 bits per heavy atom. The molecule has 1 nitrogen and oxygen atoms in total. The number of hydrogen-bond donors (Lipinski definition) is 0. The van der Waals surface area contributed by atoms with Crippen molar-refractivity contribution < 1.29 is 18.0 Å². The van der Waals surface area contributed by atoms with E-state index in [2.05, 4.69) is 0 Å². The quantitative estimate of drug-likeness (QED) is 0.677. The molecule has 0 radical (unpaired) electrons. The number of alkyl halides is 3. The molecular formula is C10H17F3OS. The van der Waals surface area contributed by atoms with Gasteiger partial charge in [0.15, 0.2) is 0 Å². The van der Waals surface area contributed by atoms with Gasteiger partial charge in [0.1, 0.15) is 5.78 Å². The minimum atomic E-state index is -4.13. The average molecular weight is 242 g/mol. The van der Waals surface area contributed by atoms with Crippen molar-refractivity contribution in [2.45, 2.75) is 39.3 Å². The second kappa shape index (κ2) is 7.14. The van der Waals surface area contributed by atoms with Gasteiger partial charge in [0.2, 0.25) is 0 Å². The fourth-order valence-electron chi connectivity index (χ4n) is 0.967. The van der Waals surface area contributed by atoms with Crippen LogP contribution in [0.1, 0.15) is 33.1 Å². The van der Waals surface area contributed by atoms with Gasteiger partial charge in [-0.15, -0.1) is 0 Å². The summed E-state index contributed by atoms with van der Waals surface area (Å²) in [5.74, 6) is 1.66. The molecule has 0 saturated carbocycles. The Kier molecular flexibility index (Phi) is 7.05. The maximum absolute atomic E-state index is 11.7. The zero-order valence-corrected chi connectivity index (χ0v) is 9.88. The minimum Gasteiger partial charge on any atom is -0.299 e. The zero-order chi connectivity index (χ0) is 11.9. The second-order valence-electron chi connectivity index (χ2n) is 3.92. The highest BCUT2D eigenvalue weighted by atomic mass is 32.2. The fourth-order valence-corrected chi connectivity index (χ4v) is 1.93. The Labute approximate surface area is 92.8 Å². The smallest absolute Gasteiger partial charge is 0.299 e. The molecule has 0 aromatic carbocycles. The molecule has 0 spiro atoms. The van der Waals surface area contributed by atoms with Crippen molar-refractivity contribution in [3.8, 4) is 0 Å². The van der Waals surface area contributed by atoms with Crippen molar-refractivity contribution >= 4 is 17.5 Å². The van der Waals surface area contributed by atoms with E-state index in [0.717, 1.165) is 5.75 Å². The van der Waals surface area contributed by atoms with Gasteiger partial charge in [0.25, 0.3) is 0 Å². The highest BCUT2D eigenvalue weighted by Crippen LogP contribution is 2.22. The maximum Gasteiger partial charge on any atom is 0.389 e. The van der Waals surface area contributed by atoms with Crippen molar-refractivity contribution in [3.63, 3.8) is 0 Å². The maximum atomic E-state index is 11.7. The summed E-state index contributed by atoms with van der Waals surface area (Å²) in [7, 11) is 0. The number of Topliss-reactive ketones (excluding diaryl/α,β-unsaturated/α-hetero) is 1. The molecule has 0 aliphatic carbocycles. The van der Waals surface area contributed by atoms with Crippen LogP contribution in [-0.2, 0) is 4.79 Å². The number of carbonyl (C=O) groups is 1. The summed E-state index contributed by atoms with van der Waals surface area (Å²) in [5.41, 5.74) is 0. The van der Waals surface area contributed by atoms with Crippen LogP contribution in [0.5, 0.6) is 0 Å². The number of ketones is 1. The molecule has 0 aromatic rings. The molecule has 0 aromatic heterocycles. The zero-order valence-electron chi connectivity index (χ0n) is 9.06. The molecule has 0 atom stereocenters. The Balaban J connectivity index is 3.42. The average Bonchev–Trinajstić information content (AvgIpc) is 2.00. The summed E-state index contributed by atoms with van der Waals surface area (Å²) in [6, 6.07) is 0. The molecule has 0 rings (SSSR count). The van der Waals surface area contributed by atoms with Gasteiger partial charge in [0.05, 0.1) is 5.75 Å². The van der Waals surface area contributed by atoms with Crippen LogP contribution in [-0.4, -0.2) is 23.5 Å². The molecule has 0 saturated heterocycles. The normalized spacial score (nSPS) is 12.1. The van der Waals surface area contributed by atoms with Gasteiger partial charge in [-0.1, -0.05) is 13.8 Å². The summed E-state index contributed by atoms with van der Waals surface area (Å²) in [6.07, 6.45) is -5.02. The van der Waals surface area contributed by atoms with Crippen LogP contribution in [0.3, 0.4) is 0 Å². The Hall–Kier alpha value is -0.190. The van der Waals surface area contributed by atoms with Gasteiger partial charge in [-0.2, -0.15) is 24.9 Å². The van der Waals surface area contributed by atoms with Crippen molar-refractivity contribution in [1.82, 2.24) is 0 Å². The topological polar surface area (TPSA) is 17.1 Å². The molecule has 0 heterocycles. The number of rotatable bonds is 7. The lowest BCUT2D eigenvalue weighted by atomic mass is 10.2. The summed E-state index contributed by atoms with van der Waals surface area (Å²) < 4.78 is 35.2. The van der Waals surface area contributed by atoms with Crippen LogP contribution in [0, 0.1) is 5.92 Å². The molecular weight excluding hydrogens is 225 g/mol. The van der Waals surface area contributed by atoms with E-state index in [-0.39, 0.29) is 18.6 Å². The number of halogens is 3. The van der Waals surface area contributed by atoms with Gasteiger partial charge in [-0.25, -0.2) is 0 Å². The Morgan fingerprint density at radius 3 is 2.40 bits per heavy atom. The number of thioether (sulfide) groups is 1. The van der Waals surface area contributed by atoms with Crippen LogP contribution < -0.4 is 0 Å². The lowest BCUT2D eigenvalue weighted by Gasteiger charge is -2.06. The van der Waals surface area contributed by atoms with E-state index in [1.54, 1.807) is 0 Å². The van der Waals surface area contributed by atoms with E-state index >= 15 is 0 Å². The first-order valence-corrected chi connectivity index (χ1v) is 6.13. The molecule has 0 aliphatic heterocycles. The monoisotopic (exact) mass is 242 g/mol. The van der Waals surface area contributed by atoms with Crippen molar-refractivity contribution in [3.05, 3.63) is 0 Å². The highest BCUT2D eigenvalue weighted by Gasteiger charge is 2.26. The molecule has 0 aliphatic rings. The van der Waals surface area contributed by atoms with Crippen molar-refractivity contribution in [2.75, 3.05) is 11.5 Å². The summed E-state index contributed by atoms with van der Waals surface area (Å²) in [4.78, 5) is 11.1. The van der Waals surface area contributed by atoms with Gasteiger partial charge >= 0.3 is 6.18 Å². The third kappa shape index (κ3) is 11.7. The highest BCUT2D eigenvalue weighted by molar-refractivity contribution is 7.99. The van der Waals surface area contributed by atoms with E-state index in [4.69, 9.17) is 0 Å². The first-order valence-electron chi connectivity index (χ1n) is 4.97. The lowest BCUT2D eigenvalue weighted by Crippen LogP contribution is -2.09. The predicted octanol–water partition coefficient (Wildman–Crippen LogP) is 3.68. The van der Waals surface area contributed by atoms with Gasteiger partial charge in [-0.3, -0.25) is 4.79 Å². The summed E-state index contributed by atoms with van der Waals surface area (Å²) >= 11 is 1.50. The first-order chi connectivity index (χ1) is 6.81. The standard InChI is InChI=1S/C10H17F3OS/c1-8(2)6-15-7-9(14)4-3-5-10(11,12)13/h8H,3-7H2,1-2H3. The molecule has 0 bridgehead atoms. The molecule has 0 amide bonds. The van der Waals surface area contributed by atoms with Gasteiger partial charge < -0.3 is 0 Å².